The maximum absolute atomic E-state index is 12.0. The molecule has 0 spiro atoms. The van der Waals surface area contributed by atoms with Gasteiger partial charge in [0.1, 0.15) is 18.2 Å². The van der Waals surface area contributed by atoms with Crippen molar-refractivity contribution in [2.75, 3.05) is 32.8 Å². The fourth-order valence-electron chi connectivity index (χ4n) is 3.81. The number of nitrogens with zero attached hydrogens (tertiary/aromatic N) is 1. The summed E-state index contributed by atoms with van der Waals surface area (Å²) in [5.74, 6) is -0.0443. The van der Waals surface area contributed by atoms with Gasteiger partial charge in [-0.15, -0.1) is 11.3 Å². The molecular weight excluding hydrogens is 420 g/mol. The Balaban J connectivity index is 0.00000320. The molecule has 2 atom stereocenters. The number of esters is 1. The Kier molecular flexibility index (Phi) is 9.82. The second-order valence-corrected chi connectivity index (χ2v) is 8.48. The number of benzene rings is 1. The van der Waals surface area contributed by atoms with E-state index in [4.69, 9.17) is 9.57 Å². The van der Waals surface area contributed by atoms with E-state index in [1.807, 2.05) is 19.1 Å². The Morgan fingerprint density at radius 2 is 2.03 bits per heavy atom. The number of likely N-dealkylation sites (tertiary alicyclic amines) is 1. The topological polar surface area (TPSA) is 52.3 Å². The number of carbonyl (C=O) groups excluding carboxylic acids is 1. The average molecular weight is 451 g/mol. The highest BCUT2D eigenvalue weighted by Crippen LogP contribution is 2.23. The van der Waals surface area contributed by atoms with Gasteiger partial charge in [0, 0.05) is 5.56 Å². The first-order valence-electron chi connectivity index (χ1n) is 10.4. The van der Waals surface area contributed by atoms with Crippen LogP contribution < -0.4 is 17.3 Å². The van der Waals surface area contributed by atoms with Crippen molar-refractivity contribution < 1.29 is 31.7 Å². The molecule has 7 heteroatoms. The van der Waals surface area contributed by atoms with Gasteiger partial charge in [-0.3, -0.25) is 4.79 Å². The van der Waals surface area contributed by atoms with Crippen LogP contribution in [-0.2, 0) is 14.4 Å². The third kappa shape index (κ3) is 6.30. The Bertz CT molecular complexity index is 852. The molecule has 1 saturated heterocycles. The van der Waals surface area contributed by atoms with E-state index in [0.717, 1.165) is 48.6 Å². The number of piperidine rings is 1. The minimum absolute atomic E-state index is 0. The largest absolute Gasteiger partial charge is 1.00 e. The summed E-state index contributed by atoms with van der Waals surface area (Å²) in [5.41, 5.74) is 4.39. The van der Waals surface area contributed by atoms with Gasteiger partial charge in [-0.25, -0.2) is 0 Å². The van der Waals surface area contributed by atoms with Crippen LogP contribution in [0.15, 0.2) is 40.9 Å². The third-order valence-corrected chi connectivity index (χ3v) is 6.44. The SMILES string of the molecule is CCOC(=O)[C@@H]1CCC[NH+](CCO/N=C(\c2ccccc2C)c2sccc2C)C1.[Cl-]. The van der Waals surface area contributed by atoms with Crippen LogP contribution in [0, 0.1) is 19.8 Å². The number of aryl methyl sites for hydroxylation is 2. The molecule has 1 aliphatic heterocycles. The van der Waals surface area contributed by atoms with Gasteiger partial charge >= 0.3 is 5.97 Å². The van der Waals surface area contributed by atoms with E-state index in [0.29, 0.717) is 13.2 Å². The van der Waals surface area contributed by atoms with E-state index in [-0.39, 0.29) is 24.3 Å². The summed E-state index contributed by atoms with van der Waals surface area (Å²) in [6.45, 7) is 9.77. The molecule has 0 aliphatic carbocycles. The lowest BCUT2D eigenvalue weighted by molar-refractivity contribution is -0.908. The number of halogens is 1. The van der Waals surface area contributed by atoms with Gasteiger partial charge in [0.2, 0.25) is 0 Å². The molecule has 5 nitrogen and oxygen atoms in total. The van der Waals surface area contributed by atoms with Crippen molar-refractivity contribution in [3.8, 4) is 0 Å². The van der Waals surface area contributed by atoms with Crippen LogP contribution in [0.2, 0.25) is 0 Å². The highest BCUT2D eigenvalue weighted by molar-refractivity contribution is 7.12. The molecule has 1 unspecified atom stereocenters. The van der Waals surface area contributed by atoms with Crippen molar-refractivity contribution in [3.05, 3.63) is 57.3 Å². The van der Waals surface area contributed by atoms with E-state index in [9.17, 15) is 4.79 Å². The zero-order valence-electron chi connectivity index (χ0n) is 17.9. The maximum atomic E-state index is 12.0. The van der Waals surface area contributed by atoms with Gasteiger partial charge in [-0.05, 0) is 56.2 Å². The minimum atomic E-state index is -0.0568. The summed E-state index contributed by atoms with van der Waals surface area (Å²) in [4.78, 5) is 20.3. The molecule has 2 heterocycles. The maximum Gasteiger partial charge on any atom is 0.314 e. The predicted octanol–water partition coefficient (Wildman–Crippen LogP) is -0.00406. The normalized spacial score (nSPS) is 19.1. The van der Waals surface area contributed by atoms with Gasteiger partial charge < -0.3 is 26.9 Å². The van der Waals surface area contributed by atoms with E-state index in [2.05, 4.69) is 42.6 Å². The van der Waals surface area contributed by atoms with E-state index >= 15 is 0 Å². The molecule has 3 rings (SSSR count). The number of carbonyl (C=O) groups is 1. The van der Waals surface area contributed by atoms with Crippen molar-refractivity contribution in [1.29, 1.82) is 0 Å². The van der Waals surface area contributed by atoms with Crippen molar-refractivity contribution in [2.24, 2.45) is 11.1 Å². The summed E-state index contributed by atoms with van der Waals surface area (Å²) in [7, 11) is 0. The zero-order chi connectivity index (χ0) is 20.6. The van der Waals surface area contributed by atoms with Crippen LogP contribution in [0.4, 0.5) is 0 Å². The summed E-state index contributed by atoms with van der Waals surface area (Å²) in [6.07, 6.45) is 1.97. The van der Waals surface area contributed by atoms with Crippen molar-refractivity contribution in [2.45, 2.75) is 33.6 Å². The summed E-state index contributed by atoms with van der Waals surface area (Å²) >= 11 is 1.69. The standard InChI is InChI=1S/C23H30N2O3S.ClH/c1-4-27-23(26)19-9-7-12-25(16-19)13-14-28-24-21(22-18(3)11-15-29-22)20-10-6-5-8-17(20)2;/h5-6,8,10-11,15,19H,4,7,9,12-14,16H2,1-3H3;1H/b24-21+;/t19-;/m1./s1. The minimum Gasteiger partial charge on any atom is -1.00 e. The number of oxime groups is 1. The van der Waals surface area contributed by atoms with Gasteiger partial charge in [0.15, 0.2) is 6.61 Å². The molecular formula is C23H31ClN2O3S. The van der Waals surface area contributed by atoms with Crippen LogP contribution in [0.3, 0.4) is 0 Å². The van der Waals surface area contributed by atoms with Crippen molar-refractivity contribution in [1.82, 2.24) is 0 Å². The molecule has 0 saturated carbocycles. The molecule has 30 heavy (non-hydrogen) atoms. The fourth-order valence-corrected chi connectivity index (χ4v) is 4.73. The second-order valence-electron chi connectivity index (χ2n) is 7.57. The Morgan fingerprint density at radius 1 is 1.23 bits per heavy atom. The van der Waals surface area contributed by atoms with E-state index in [1.165, 1.54) is 16.0 Å². The van der Waals surface area contributed by atoms with Crippen LogP contribution in [0.25, 0.3) is 0 Å². The highest BCUT2D eigenvalue weighted by Gasteiger charge is 2.29. The quantitative estimate of drug-likeness (QED) is 0.266. The molecule has 0 bridgehead atoms. The molecule has 1 fully saturated rings. The van der Waals surface area contributed by atoms with Crippen LogP contribution in [-0.4, -0.2) is 44.5 Å². The number of ether oxygens (including phenoxy) is 1. The third-order valence-electron chi connectivity index (χ3n) is 5.42. The summed E-state index contributed by atoms with van der Waals surface area (Å²) in [6, 6.07) is 10.4. The van der Waals surface area contributed by atoms with Gasteiger partial charge in [0.25, 0.3) is 0 Å². The molecule has 1 aromatic heterocycles. The van der Waals surface area contributed by atoms with Crippen molar-refractivity contribution >= 4 is 23.0 Å². The fraction of sp³-hybridized carbons (Fsp3) is 0.478. The van der Waals surface area contributed by atoms with Crippen LogP contribution in [0.5, 0.6) is 0 Å². The van der Waals surface area contributed by atoms with Crippen LogP contribution >= 0.6 is 11.3 Å². The summed E-state index contributed by atoms with van der Waals surface area (Å²) in [5, 5.41) is 6.64. The second kappa shape index (κ2) is 12.1. The monoisotopic (exact) mass is 450 g/mol. The molecule has 1 aromatic carbocycles. The van der Waals surface area contributed by atoms with Gasteiger partial charge in [0.05, 0.1) is 24.6 Å². The number of hydrogen-bond acceptors (Lipinski definition) is 5. The first-order valence-corrected chi connectivity index (χ1v) is 11.3. The average Bonchev–Trinajstić information content (AvgIpc) is 3.15. The number of quaternary nitrogens is 1. The number of nitrogens with one attached hydrogen (secondary N) is 1. The first-order chi connectivity index (χ1) is 14.1. The van der Waals surface area contributed by atoms with Gasteiger partial charge in [-0.2, -0.15) is 0 Å². The molecule has 0 radical (unpaired) electrons. The number of hydrogen-bond donors (Lipinski definition) is 1. The zero-order valence-corrected chi connectivity index (χ0v) is 19.5. The number of rotatable bonds is 8. The smallest absolute Gasteiger partial charge is 0.314 e. The lowest BCUT2D eigenvalue weighted by Crippen LogP contribution is -3.14. The lowest BCUT2D eigenvalue weighted by atomic mass is 9.98. The molecule has 1 aliphatic rings. The molecule has 0 amide bonds. The van der Waals surface area contributed by atoms with Gasteiger partial charge in [-0.1, -0.05) is 29.4 Å². The van der Waals surface area contributed by atoms with E-state index in [1.54, 1.807) is 11.3 Å². The Hall–Kier alpha value is -1.89. The Morgan fingerprint density at radius 3 is 2.73 bits per heavy atom. The first kappa shape index (κ1) is 24.4. The van der Waals surface area contributed by atoms with Crippen LogP contribution in [0.1, 0.15) is 41.3 Å². The van der Waals surface area contributed by atoms with Crippen molar-refractivity contribution in [3.63, 3.8) is 0 Å². The Labute approximate surface area is 189 Å². The lowest BCUT2D eigenvalue weighted by Gasteiger charge is -2.28. The number of thiophene rings is 1. The molecule has 1 N–H and O–H groups in total. The molecule has 164 valence electrons. The molecule has 2 aromatic rings. The summed E-state index contributed by atoms with van der Waals surface area (Å²) < 4.78 is 5.20. The highest BCUT2D eigenvalue weighted by atomic mass is 35.5. The predicted molar refractivity (Wildman–Crippen MR) is 117 cm³/mol. The van der Waals surface area contributed by atoms with E-state index < -0.39 is 0 Å².